The van der Waals surface area contributed by atoms with Gasteiger partial charge >= 0.3 is 0 Å². The molecule has 0 spiro atoms. The van der Waals surface area contributed by atoms with Crippen LogP contribution in [0.4, 0.5) is 0 Å². The van der Waals surface area contributed by atoms with Gasteiger partial charge in [-0.1, -0.05) is 243 Å². The maximum absolute atomic E-state index is 2.36. The first-order chi connectivity index (χ1) is 29.8. The lowest BCUT2D eigenvalue weighted by Gasteiger charge is -2.26. The molecule has 60 heavy (non-hydrogen) atoms. The van der Waals surface area contributed by atoms with Crippen LogP contribution in [-0.4, -0.2) is 0 Å². The average Bonchev–Trinajstić information content (AvgIpc) is 3.34. The molecule has 0 aliphatic rings. The molecule has 0 aromatic heterocycles. The zero-order valence-corrected chi connectivity index (χ0v) is 33.1. The van der Waals surface area contributed by atoms with Crippen LogP contribution in [0.2, 0.25) is 0 Å². The van der Waals surface area contributed by atoms with Crippen molar-refractivity contribution in [3.05, 3.63) is 243 Å². The van der Waals surface area contributed by atoms with E-state index in [0.29, 0.717) is 0 Å². The van der Waals surface area contributed by atoms with Crippen molar-refractivity contribution in [2.75, 3.05) is 0 Å². The fraction of sp³-hybridized carbons (Fsp3) is 0. The number of hydrogen-bond acceptors (Lipinski definition) is 0. The molecule has 0 heterocycles. The smallest absolute Gasteiger partial charge is 0.000116 e. The summed E-state index contributed by atoms with van der Waals surface area (Å²) < 4.78 is 0. The Morgan fingerprint density at radius 2 is 0.417 bits per heavy atom. The molecular weight excluding hydrogens is 721 g/mol. The molecular formula is C60H40. The molecule has 0 saturated carbocycles. The van der Waals surface area contributed by atoms with Crippen LogP contribution in [0.15, 0.2) is 243 Å². The number of benzene rings is 10. The van der Waals surface area contributed by atoms with Crippen LogP contribution in [0.3, 0.4) is 0 Å². The molecule has 0 bridgehead atoms. The normalized spacial score (nSPS) is 11.3. The van der Waals surface area contributed by atoms with Crippen molar-refractivity contribution in [2.45, 2.75) is 0 Å². The van der Waals surface area contributed by atoms with E-state index in [1.165, 1.54) is 109 Å². The summed E-state index contributed by atoms with van der Waals surface area (Å²) >= 11 is 0. The third-order valence-corrected chi connectivity index (χ3v) is 12.1. The summed E-state index contributed by atoms with van der Waals surface area (Å²) in [6.45, 7) is 0. The minimum Gasteiger partial charge on any atom is -0.0622 e. The molecule has 0 N–H and O–H groups in total. The average molecular weight is 761 g/mol. The van der Waals surface area contributed by atoms with Gasteiger partial charge in [-0.2, -0.15) is 0 Å². The Kier molecular flexibility index (Phi) is 8.95. The second-order valence-electron chi connectivity index (χ2n) is 15.4. The van der Waals surface area contributed by atoms with E-state index in [1.54, 1.807) is 0 Å². The first kappa shape index (κ1) is 35.4. The van der Waals surface area contributed by atoms with E-state index in [0.717, 1.165) is 0 Å². The van der Waals surface area contributed by atoms with E-state index < -0.39 is 0 Å². The van der Waals surface area contributed by atoms with E-state index >= 15 is 0 Å². The molecule has 280 valence electrons. The van der Waals surface area contributed by atoms with Crippen molar-refractivity contribution in [1.29, 1.82) is 0 Å². The molecule has 0 nitrogen and oxygen atoms in total. The van der Waals surface area contributed by atoms with Gasteiger partial charge in [0.05, 0.1) is 0 Å². The molecule has 0 aliphatic heterocycles. The Balaban J connectivity index is 1.63. The molecule has 0 unspecified atom stereocenters. The third-order valence-electron chi connectivity index (χ3n) is 12.1. The Hall–Kier alpha value is -7.80. The van der Waals surface area contributed by atoms with Crippen molar-refractivity contribution >= 4 is 53.9 Å². The minimum atomic E-state index is 1.17. The minimum absolute atomic E-state index is 1.17. The Bertz CT molecular complexity index is 3430. The van der Waals surface area contributed by atoms with Crippen LogP contribution < -0.4 is 0 Å². The largest absolute Gasteiger partial charge is 0.0622 e. The topological polar surface area (TPSA) is 0 Å². The van der Waals surface area contributed by atoms with Crippen LogP contribution >= 0.6 is 0 Å². The second-order valence-corrected chi connectivity index (χ2v) is 15.4. The highest BCUT2D eigenvalue weighted by atomic mass is 14.3. The SMILES string of the molecule is c1ccc(-c2c(-c3ccccc3)c(-c3ccccc3)c3c4c(-c5ccccc5)cccc4c4ccccc4c4ccccc4c4ccccc4c3c2-c2ccccc2)cc1. The summed E-state index contributed by atoms with van der Waals surface area (Å²) in [7, 11) is 0. The van der Waals surface area contributed by atoms with Gasteiger partial charge in [-0.15, -0.1) is 0 Å². The van der Waals surface area contributed by atoms with Crippen LogP contribution in [0.1, 0.15) is 0 Å². The van der Waals surface area contributed by atoms with Gasteiger partial charge in [0.2, 0.25) is 0 Å². The predicted octanol–water partition coefficient (Wildman–Crippen LogP) is 16.9. The Labute approximate surface area is 350 Å². The van der Waals surface area contributed by atoms with Gasteiger partial charge in [-0.05, 0) is 109 Å². The molecule has 11 rings (SSSR count). The summed E-state index contributed by atoms with van der Waals surface area (Å²) in [5.74, 6) is 0. The van der Waals surface area contributed by atoms with Crippen LogP contribution in [-0.2, 0) is 0 Å². The van der Waals surface area contributed by atoms with Crippen LogP contribution in [0, 0.1) is 0 Å². The van der Waals surface area contributed by atoms with E-state index in [9.17, 15) is 0 Å². The van der Waals surface area contributed by atoms with E-state index in [4.69, 9.17) is 0 Å². The van der Waals surface area contributed by atoms with Gasteiger partial charge in [0.25, 0.3) is 0 Å². The van der Waals surface area contributed by atoms with Crippen molar-refractivity contribution in [1.82, 2.24) is 0 Å². The monoisotopic (exact) mass is 760 g/mol. The van der Waals surface area contributed by atoms with Gasteiger partial charge in [-0.25, -0.2) is 0 Å². The van der Waals surface area contributed by atoms with Crippen molar-refractivity contribution in [2.24, 2.45) is 0 Å². The third kappa shape index (κ3) is 5.93. The molecule has 0 atom stereocenters. The van der Waals surface area contributed by atoms with E-state index in [2.05, 4.69) is 243 Å². The first-order valence-corrected chi connectivity index (χ1v) is 20.8. The lowest BCUT2D eigenvalue weighted by Crippen LogP contribution is -1.98. The van der Waals surface area contributed by atoms with Gasteiger partial charge < -0.3 is 0 Å². The Morgan fingerprint density at radius 3 is 0.817 bits per heavy atom. The molecule has 0 amide bonds. The zero-order chi connectivity index (χ0) is 39.8. The van der Waals surface area contributed by atoms with Crippen molar-refractivity contribution < 1.29 is 0 Å². The second kappa shape index (κ2) is 15.2. The molecule has 0 saturated heterocycles. The van der Waals surface area contributed by atoms with Gasteiger partial charge in [0.15, 0.2) is 0 Å². The van der Waals surface area contributed by atoms with Crippen molar-refractivity contribution in [3.63, 3.8) is 0 Å². The van der Waals surface area contributed by atoms with E-state index in [-0.39, 0.29) is 0 Å². The number of hydrogen-bond donors (Lipinski definition) is 0. The fourth-order valence-electron chi connectivity index (χ4n) is 9.59. The van der Waals surface area contributed by atoms with Gasteiger partial charge in [0.1, 0.15) is 0 Å². The molecule has 11 aromatic rings. The standard InChI is InChI=1S/C60H40/c1-6-23-41(24-7-1)46-39-22-40-52-50-36-19-18-34-48(50)47-33-16-17-35-49(47)51-37-20-21-38-53(51)59-56(44-29-12-4-13-30-44)54(42-25-8-2-9-26-42)55(43-27-10-3-11-28-43)57(60(59)58(46)52)45-31-14-5-15-32-45/h1-40H. The predicted molar refractivity (Wildman–Crippen MR) is 259 cm³/mol. The summed E-state index contributed by atoms with van der Waals surface area (Å²) in [5, 5.41) is 12.1. The summed E-state index contributed by atoms with van der Waals surface area (Å²) in [6.07, 6.45) is 0. The quantitative estimate of drug-likeness (QED) is 0.164. The number of rotatable bonds is 5. The highest BCUT2D eigenvalue weighted by Crippen LogP contribution is 2.54. The van der Waals surface area contributed by atoms with Crippen molar-refractivity contribution in [3.8, 4) is 55.6 Å². The molecule has 0 heteroatoms. The molecule has 0 radical (unpaired) electrons. The van der Waals surface area contributed by atoms with E-state index in [1.807, 2.05) is 0 Å². The summed E-state index contributed by atoms with van der Waals surface area (Å²) in [6, 6.07) is 89.3. The lowest BCUT2D eigenvalue weighted by molar-refractivity contribution is 1.57. The highest BCUT2D eigenvalue weighted by molar-refractivity contribution is 6.35. The first-order valence-electron chi connectivity index (χ1n) is 20.8. The van der Waals surface area contributed by atoms with Crippen LogP contribution in [0.5, 0.6) is 0 Å². The molecule has 0 fully saturated rings. The van der Waals surface area contributed by atoms with Crippen LogP contribution in [0.25, 0.3) is 109 Å². The molecule has 11 aromatic carbocycles. The molecule has 0 aliphatic carbocycles. The maximum Gasteiger partial charge on any atom is -0.000116 e. The summed E-state index contributed by atoms with van der Waals surface area (Å²) in [4.78, 5) is 0. The van der Waals surface area contributed by atoms with Gasteiger partial charge in [0, 0.05) is 0 Å². The zero-order valence-electron chi connectivity index (χ0n) is 33.1. The highest BCUT2D eigenvalue weighted by Gasteiger charge is 2.27. The number of fused-ring (bicyclic) bond motifs is 10. The van der Waals surface area contributed by atoms with Gasteiger partial charge in [-0.3, -0.25) is 0 Å². The maximum atomic E-state index is 2.36. The lowest BCUT2D eigenvalue weighted by atomic mass is 9.76. The fourth-order valence-corrected chi connectivity index (χ4v) is 9.59. The Morgan fingerprint density at radius 1 is 0.150 bits per heavy atom. The summed E-state index contributed by atoms with van der Waals surface area (Å²) in [5.41, 5.74) is 11.9.